The molecule has 1 aromatic carbocycles. The molecule has 3 rings (SSSR count). The minimum absolute atomic E-state index is 0.283. The number of hydrogen-bond donors (Lipinski definition) is 0. The molecule has 0 saturated heterocycles. The maximum absolute atomic E-state index is 12.8. The van der Waals surface area contributed by atoms with E-state index in [1.165, 1.54) is 31.3 Å². The zero-order valence-corrected chi connectivity index (χ0v) is 13.8. The molecule has 2 aromatic rings. The number of carbonyl (C=O) groups is 2. The molecule has 0 N–H and O–H groups in total. The lowest BCUT2D eigenvalue weighted by Gasteiger charge is -2.24. The number of benzene rings is 1. The maximum Gasteiger partial charge on any atom is 0.331 e. The molecule has 1 unspecified atom stereocenters. The molecule has 0 aliphatic carbocycles. The Bertz CT molecular complexity index is 959. The van der Waals surface area contributed by atoms with Crippen LogP contribution in [0.3, 0.4) is 0 Å². The first kappa shape index (κ1) is 16.7. The highest BCUT2D eigenvalue weighted by Gasteiger charge is 2.38. The first-order valence-corrected chi connectivity index (χ1v) is 7.68. The molecule has 1 atom stereocenters. The van der Waals surface area contributed by atoms with Crippen LogP contribution in [0.2, 0.25) is 0 Å². The summed E-state index contributed by atoms with van der Waals surface area (Å²) in [5.74, 6) is -0.946. The van der Waals surface area contributed by atoms with Crippen molar-refractivity contribution in [2.24, 2.45) is 7.05 Å². The number of para-hydroxylation sites is 1. The Labute approximate surface area is 142 Å². The zero-order chi connectivity index (χ0) is 18.1. The number of rotatable bonds is 3. The Morgan fingerprint density at radius 1 is 1.20 bits per heavy atom. The standard InChI is InChI=1S/C17H17N3O5/c1-18-14(21)7-8-19(17(18)24)10-15(22)20-12-6-4-3-5-11(12)9-13(20)16(23)25-2/h3-8,13H,9-10H2,1-2H3. The number of aromatic nitrogens is 2. The van der Waals surface area contributed by atoms with Crippen molar-refractivity contribution in [1.82, 2.24) is 9.13 Å². The fourth-order valence-corrected chi connectivity index (χ4v) is 2.98. The van der Waals surface area contributed by atoms with Crippen LogP contribution in [0.4, 0.5) is 5.69 Å². The van der Waals surface area contributed by atoms with Crippen molar-refractivity contribution in [2.75, 3.05) is 12.0 Å². The lowest BCUT2D eigenvalue weighted by molar-refractivity contribution is -0.143. The highest BCUT2D eigenvalue weighted by atomic mass is 16.5. The molecular weight excluding hydrogens is 326 g/mol. The van der Waals surface area contributed by atoms with Crippen LogP contribution in [0.1, 0.15) is 5.56 Å². The number of carbonyl (C=O) groups excluding carboxylic acids is 2. The summed E-state index contributed by atoms with van der Waals surface area (Å²) in [4.78, 5) is 49.9. The van der Waals surface area contributed by atoms with Gasteiger partial charge in [-0.05, 0) is 11.6 Å². The molecule has 130 valence electrons. The second-order valence-electron chi connectivity index (χ2n) is 5.76. The zero-order valence-electron chi connectivity index (χ0n) is 13.8. The molecule has 8 heteroatoms. The minimum Gasteiger partial charge on any atom is -0.467 e. The first-order valence-electron chi connectivity index (χ1n) is 7.68. The van der Waals surface area contributed by atoms with Gasteiger partial charge in [-0.15, -0.1) is 0 Å². The van der Waals surface area contributed by atoms with Gasteiger partial charge in [-0.2, -0.15) is 0 Å². The summed E-state index contributed by atoms with van der Waals surface area (Å²) in [7, 11) is 2.61. The fourth-order valence-electron chi connectivity index (χ4n) is 2.98. The number of ether oxygens (including phenoxy) is 1. The summed E-state index contributed by atoms with van der Waals surface area (Å²) in [6.07, 6.45) is 1.63. The summed E-state index contributed by atoms with van der Waals surface area (Å²) in [5.41, 5.74) is 0.440. The molecule has 2 heterocycles. The number of nitrogens with zero attached hydrogens (tertiary/aromatic N) is 3. The van der Waals surface area contributed by atoms with Gasteiger partial charge >= 0.3 is 11.7 Å². The molecular formula is C17H17N3O5. The first-order chi connectivity index (χ1) is 11.9. The van der Waals surface area contributed by atoms with E-state index in [-0.39, 0.29) is 6.54 Å². The number of hydrogen-bond acceptors (Lipinski definition) is 5. The van der Waals surface area contributed by atoms with Gasteiger partial charge in [0, 0.05) is 31.4 Å². The molecule has 0 radical (unpaired) electrons. The van der Waals surface area contributed by atoms with E-state index in [1.54, 1.807) is 12.1 Å². The monoisotopic (exact) mass is 343 g/mol. The van der Waals surface area contributed by atoms with Crippen LogP contribution in [-0.2, 0) is 34.3 Å². The van der Waals surface area contributed by atoms with Crippen molar-refractivity contribution >= 4 is 17.6 Å². The topological polar surface area (TPSA) is 90.6 Å². The molecule has 1 aromatic heterocycles. The summed E-state index contributed by atoms with van der Waals surface area (Å²) >= 11 is 0. The summed E-state index contributed by atoms with van der Waals surface area (Å²) in [6, 6.07) is 7.65. The van der Waals surface area contributed by atoms with Gasteiger partial charge in [0.1, 0.15) is 12.6 Å². The largest absolute Gasteiger partial charge is 0.467 e. The van der Waals surface area contributed by atoms with Gasteiger partial charge in [0.05, 0.1) is 7.11 Å². The van der Waals surface area contributed by atoms with Crippen LogP contribution >= 0.6 is 0 Å². The summed E-state index contributed by atoms with van der Waals surface area (Å²) in [5, 5.41) is 0. The SMILES string of the molecule is COC(=O)C1Cc2ccccc2N1C(=O)Cn1ccc(=O)n(C)c1=O. The average molecular weight is 343 g/mol. The molecule has 1 amide bonds. The molecule has 0 bridgehead atoms. The minimum atomic E-state index is -0.766. The molecule has 8 nitrogen and oxygen atoms in total. The number of amides is 1. The van der Waals surface area contributed by atoms with Crippen molar-refractivity contribution in [3.8, 4) is 0 Å². The molecule has 0 spiro atoms. The van der Waals surface area contributed by atoms with Gasteiger partial charge in [0.25, 0.3) is 5.56 Å². The number of anilines is 1. The highest BCUT2D eigenvalue weighted by molar-refractivity contribution is 6.02. The van der Waals surface area contributed by atoms with E-state index in [9.17, 15) is 19.2 Å². The Balaban J connectivity index is 1.97. The molecule has 1 aliphatic heterocycles. The van der Waals surface area contributed by atoms with Gasteiger partial charge in [0.15, 0.2) is 0 Å². The van der Waals surface area contributed by atoms with Crippen molar-refractivity contribution < 1.29 is 14.3 Å². The number of esters is 1. The van der Waals surface area contributed by atoms with E-state index < -0.39 is 29.2 Å². The quantitative estimate of drug-likeness (QED) is 0.713. The maximum atomic E-state index is 12.8. The number of fused-ring (bicyclic) bond motifs is 1. The van der Waals surface area contributed by atoms with Gasteiger partial charge in [-0.25, -0.2) is 9.59 Å². The van der Waals surface area contributed by atoms with E-state index in [0.29, 0.717) is 12.1 Å². The Morgan fingerprint density at radius 2 is 1.92 bits per heavy atom. The van der Waals surface area contributed by atoms with Gasteiger partial charge in [0.2, 0.25) is 5.91 Å². The second-order valence-corrected chi connectivity index (χ2v) is 5.76. The van der Waals surface area contributed by atoms with Crippen LogP contribution < -0.4 is 16.1 Å². The fraction of sp³-hybridized carbons (Fsp3) is 0.294. The van der Waals surface area contributed by atoms with E-state index in [2.05, 4.69) is 0 Å². The Hall–Kier alpha value is -3.16. The smallest absolute Gasteiger partial charge is 0.331 e. The third-order valence-electron chi connectivity index (χ3n) is 4.28. The normalized spacial score (nSPS) is 15.8. The van der Waals surface area contributed by atoms with Crippen molar-refractivity contribution in [2.45, 2.75) is 19.0 Å². The van der Waals surface area contributed by atoms with Crippen LogP contribution in [0.15, 0.2) is 46.1 Å². The van der Waals surface area contributed by atoms with Crippen LogP contribution in [0.25, 0.3) is 0 Å². The number of methoxy groups -OCH3 is 1. The molecule has 25 heavy (non-hydrogen) atoms. The van der Waals surface area contributed by atoms with E-state index >= 15 is 0 Å². The van der Waals surface area contributed by atoms with Gasteiger partial charge in [-0.3, -0.25) is 23.6 Å². The van der Waals surface area contributed by atoms with Crippen LogP contribution in [0.5, 0.6) is 0 Å². The van der Waals surface area contributed by atoms with Gasteiger partial charge < -0.3 is 4.74 Å². The van der Waals surface area contributed by atoms with Crippen molar-refractivity contribution in [3.05, 3.63) is 62.9 Å². The molecule has 1 aliphatic rings. The summed E-state index contributed by atoms with van der Waals surface area (Å²) < 4.78 is 6.87. The van der Waals surface area contributed by atoms with Crippen molar-refractivity contribution in [3.63, 3.8) is 0 Å². The van der Waals surface area contributed by atoms with Gasteiger partial charge in [-0.1, -0.05) is 18.2 Å². The lowest BCUT2D eigenvalue weighted by Crippen LogP contribution is -2.47. The van der Waals surface area contributed by atoms with Crippen LogP contribution in [0, 0.1) is 0 Å². The van der Waals surface area contributed by atoms with E-state index in [0.717, 1.165) is 14.7 Å². The molecule has 0 fully saturated rings. The Kier molecular flexibility index (Phi) is 4.26. The third kappa shape index (κ3) is 2.86. The third-order valence-corrected chi connectivity index (χ3v) is 4.28. The lowest BCUT2D eigenvalue weighted by atomic mass is 10.1. The highest BCUT2D eigenvalue weighted by Crippen LogP contribution is 2.32. The second kappa shape index (κ2) is 6.39. The van der Waals surface area contributed by atoms with E-state index in [4.69, 9.17) is 4.74 Å². The Morgan fingerprint density at radius 3 is 2.64 bits per heavy atom. The van der Waals surface area contributed by atoms with Crippen molar-refractivity contribution in [1.29, 1.82) is 0 Å². The predicted octanol–water partition coefficient (Wildman–Crippen LogP) is -0.322. The predicted molar refractivity (Wildman–Crippen MR) is 89.4 cm³/mol. The summed E-state index contributed by atoms with van der Waals surface area (Å²) in [6.45, 7) is -0.283. The van der Waals surface area contributed by atoms with E-state index in [1.807, 2.05) is 12.1 Å². The average Bonchev–Trinajstić information content (AvgIpc) is 3.01. The molecule has 0 saturated carbocycles. The van der Waals surface area contributed by atoms with Crippen LogP contribution in [-0.4, -0.2) is 34.2 Å².